The minimum absolute atomic E-state index is 0. The van der Waals surface area contributed by atoms with Crippen molar-refractivity contribution in [2.45, 2.75) is 0 Å². The predicted octanol–water partition coefficient (Wildman–Crippen LogP) is 9.19. The summed E-state index contributed by atoms with van der Waals surface area (Å²) in [6.07, 6.45) is 1.83. The Morgan fingerprint density at radius 1 is 0.614 bits per heavy atom. The number of nitrogens with zero attached hydrogens (tertiary/aromatic N) is 1. The van der Waals surface area contributed by atoms with Crippen LogP contribution in [0.2, 0.25) is 0 Å². The van der Waals surface area contributed by atoms with Crippen molar-refractivity contribution in [1.29, 1.82) is 0 Å². The molecule has 44 heavy (non-hydrogen) atoms. The normalized spacial score (nSPS) is 11.1. The maximum Gasteiger partial charge on any atom is 0.147 e. The Balaban J connectivity index is 0.000000156. The van der Waals surface area contributed by atoms with E-state index in [9.17, 15) is 4.57 Å². The van der Waals surface area contributed by atoms with Gasteiger partial charge in [-0.15, -0.1) is 40.6 Å². The first-order chi connectivity index (χ1) is 21.2. The van der Waals surface area contributed by atoms with Crippen LogP contribution in [0, 0.1) is 12.1 Å². The van der Waals surface area contributed by atoms with Gasteiger partial charge in [0.15, 0.2) is 0 Å². The SMILES string of the molecule is O=P(c1[c-]cc2ccccc2c1)(c1ccccc1)c1ccccc1.[Ir].[c-]1ccc2c(sc3ccccc32)c1-c1ccccn1. The summed E-state index contributed by atoms with van der Waals surface area (Å²) in [7, 11) is -2.94. The molecule has 0 amide bonds. The Morgan fingerprint density at radius 3 is 1.95 bits per heavy atom. The van der Waals surface area contributed by atoms with E-state index in [-0.39, 0.29) is 20.1 Å². The first-order valence-corrected chi connectivity index (χ1v) is 16.6. The predicted molar refractivity (Wildman–Crippen MR) is 184 cm³/mol. The topological polar surface area (TPSA) is 30.0 Å². The Labute approximate surface area is 274 Å². The quantitative estimate of drug-likeness (QED) is 0.132. The molecule has 0 aliphatic rings. The van der Waals surface area contributed by atoms with E-state index in [4.69, 9.17) is 0 Å². The molecule has 0 N–H and O–H groups in total. The minimum Gasteiger partial charge on any atom is -0.311 e. The number of fused-ring (bicyclic) bond motifs is 4. The second kappa shape index (κ2) is 13.2. The van der Waals surface area contributed by atoms with Gasteiger partial charge in [-0.3, -0.25) is 0 Å². The van der Waals surface area contributed by atoms with Crippen molar-refractivity contribution in [2.24, 2.45) is 0 Å². The zero-order valence-electron chi connectivity index (χ0n) is 23.6. The van der Waals surface area contributed by atoms with Gasteiger partial charge in [0, 0.05) is 41.6 Å². The van der Waals surface area contributed by atoms with Crippen molar-refractivity contribution in [2.75, 3.05) is 0 Å². The number of thiophene rings is 1. The van der Waals surface area contributed by atoms with Gasteiger partial charge in [-0.2, -0.15) is 29.5 Å². The molecule has 0 bridgehead atoms. The van der Waals surface area contributed by atoms with Crippen LogP contribution in [0.5, 0.6) is 0 Å². The van der Waals surface area contributed by atoms with Gasteiger partial charge in [0.25, 0.3) is 0 Å². The van der Waals surface area contributed by atoms with Gasteiger partial charge >= 0.3 is 0 Å². The summed E-state index contributed by atoms with van der Waals surface area (Å²) < 4.78 is 16.8. The van der Waals surface area contributed by atoms with Crippen molar-refractivity contribution in [3.8, 4) is 11.3 Å². The van der Waals surface area contributed by atoms with Crippen molar-refractivity contribution in [3.63, 3.8) is 0 Å². The van der Waals surface area contributed by atoms with Crippen LogP contribution in [0.25, 0.3) is 42.2 Å². The van der Waals surface area contributed by atoms with Crippen LogP contribution in [0.4, 0.5) is 0 Å². The van der Waals surface area contributed by atoms with Crippen LogP contribution in [0.15, 0.2) is 158 Å². The third-order valence-corrected chi connectivity index (χ3v) is 11.7. The van der Waals surface area contributed by atoms with Gasteiger partial charge in [0.2, 0.25) is 0 Å². The molecule has 0 fully saturated rings. The number of hydrogen-bond acceptors (Lipinski definition) is 3. The molecular formula is C39H26IrNOPS-2. The smallest absolute Gasteiger partial charge is 0.147 e. The second-order valence-corrected chi connectivity index (χ2v) is 13.9. The summed E-state index contributed by atoms with van der Waals surface area (Å²) in [6.45, 7) is 0. The van der Waals surface area contributed by atoms with E-state index in [1.54, 1.807) is 0 Å². The van der Waals surface area contributed by atoms with E-state index >= 15 is 0 Å². The molecule has 0 aliphatic carbocycles. The van der Waals surface area contributed by atoms with Gasteiger partial charge in [-0.25, -0.2) is 0 Å². The average Bonchev–Trinajstić information content (AvgIpc) is 3.48. The fourth-order valence-electron chi connectivity index (χ4n) is 5.39. The minimum atomic E-state index is -2.94. The molecule has 0 saturated heterocycles. The van der Waals surface area contributed by atoms with Crippen molar-refractivity contribution in [3.05, 3.63) is 170 Å². The first kappa shape index (κ1) is 29.9. The largest absolute Gasteiger partial charge is 0.311 e. The standard InChI is InChI=1S/C22H16OP.C17H10NS.Ir/c23-24(20-11-3-1-4-12-20,21-13-5-2-6-14-21)22-16-15-18-9-7-8-10-19(18)17-22;1-2-10-16-12(6-1)13-7-5-8-14(17(13)19-16)15-9-3-4-11-18-15;/h1-15,17H;1-7,9-11H;/q2*-1;. The Kier molecular flexibility index (Phi) is 8.98. The van der Waals surface area contributed by atoms with Crippen LogP contribution < -0.4 is 15.9 Å². The Hall–Kier alpha value is -4.17. The van der Waals surface area contributed by atoms with Crippen LogP contribution in [-0.2, 0) is 24.7 Å². The molecule has 6 aromatic carbocycles. The molecule has 0 saturated carbocycles. The summed E-state index contributed by atoms with van der Waals surface area (Å²) in [4.78, 5) is 4.44. The zero-order valence-corrected chi connectivity index (χ0v) is 27.7. The second-order valence-electron chi connectivity index (χ2n) is 10.1. The first-order valence-electron chi connectivity index (χ1n) is 14.1. The van der Waals surface area contributed by atoms with Crippen molar-refractivity contribution >= 4 is 65.3 Å². The van der Waals surface area contributed by atoms with E-state index in [0.29, 0.717) is 0 Å². The molecule has 2 aromatic heterocycles. The Morgan fingerprint density at radius 2 is 1.25 bits per heavy atom. The molecule has 0 spiro atoms. The summed E-state index contributed by atoms with van der Waals surface area (Å²) in [6, 6.07) is 56.7. The van der Waals surface area contributed by atoms with Gasteiger partial charge in [-0.05, 0) is 27.9 Å². The van der Waals surface area contributed by atoms with Crippen LogP contribution in [0.1, 0.15) is 0 Å². The van der Waals surface area contributed by atoms with Crippen molar-refractivity contribution < 1.29 is 24.7 Å². The number of rotatable bonds is 4. The molecule has 0 unspecified atom stereocenters. The van der Waals surface area contributed by atoms with E-state index in [2.05, 4.69) is 47.4 Å². The van der Waals surface area contributed by atoms with Gasteiger partial charge < -0.3 is 9.55 Å². The molecule has 0 atom stereocenters. The maximum absolute atomic E-state index is 14.2. The molecule has 0 aliphatic heterocycles. The molecule has 2 nitrogen and oxygen atoms in total. The maximum atomic E-state index is 14.2. The number of hydrogen-bond donors (Lipinski definition) is 0. The summed E-state index contributed by atoms with van der Waals surface area (Å²) in [5.41, 5.74) is 2.08. The third-order valence-electron chi connectivity index (χ3n) is 7.50. The van der Waals surface area contributed by atoms with E-state index < -0.39 is 7.14 Å². The number of pyridine rings is 1. The third kappa shape index (κ3) is 5.71. The summed E-state index contributed by atoms with van der Waals surface area (Å²) >= 11 is 1.81. The van der Waals surface area contributed by atoms with Gasteiger partial charge in [0.05, 0.1) is 0 Å². The van der Waals surface area contributed by atoms with Crippen LogP contribution in [-0.4, -0.2) is 4.98 Å². The van der Waals surface area contributed by atoms with Gasteiger partial charge in [0.1, 0.15) is 7.14 Å². The number of benzene rings is 6. The van der Waals surface area contributed by atoms with Gasteiger partial charge in [-0.1, -0.05) is 120 Å². The molecule has 1 radical (unpaired) electrons. The van der Waals surface area contributed by atoms with E-state index in [1.165, 1.54) is 20.2 Å². The molecule has 2 heterocycles. The summed E-state index contributed by atoms with van der Waals surface area (Å²) in [5, 5.41) is 7.21. The van der Waals surface area contributed by atoms with Crippen LogP contribution >= 0.6 is 18.5 Å². The fourth-order valence-corrected chi connectivity index (χ4v) is 9.20. The Bertz CT molecular complexity index is 2170. The van der Waals surface area contributed by atoms with Crippen LogP contribution in [0.3, 0.4) is 0 Å². The molecule has 5 heteroatoms. The molecule has 8 aromatic rings. The molecular weight excluding hydrogens is 754 g/mol. The summed E-state index contributed by atoms with van der Waals surface area (Å²) in [5.74, 6) is 0. The molecule has 215 valence electrons. The van der Waals surface area contributed by atoms with Crippen molar-refractivity contribution in [1.82, 2.24) is 4.98 Å². The molecule has 8 rings (SSSR count). The van der Waals surface area contributed by atoms with E-state index in [1.807, 2.05) is 139 Å². The zero-order chi connectivity index (χ0) is 29.1. The van der Waals surface area contributed by atoms with E-state index in [0.717, 1.165) is 37.9 Å². The number of aromatic nitrogens is 1. The fraction of sp³-hybridized carbons (Fsp3) is 0. The average molecular weight is 780 g/mol. The monoisotopic (exact) mass is 780 g/mol.